The van der Waals surface area contributed by atoms with Crippen LogP contribution in [0.1, 0.15) is 29.3 Å². The van der Waals surface area contributed by atoms with E-state index in [9.17, 15) is 0 Å². The number of nitrogens with one attached hydrogen (secondary N) is 1. The fraction of sp³-hybridized carbons (Fsp3) is 0.471. The predicted molar refractivity (Wildman–Crippen MR) is 85.4 cm³/mol. The summed E-state index contributed by atoms with van der Waals surface area (Å²) in [4.78, 5) is 0. The number of anilines is 1. The van der Waals surface area contributed by atoms with E-state index in [2.05, 4.69) is 42.0 Å². The third-order valence-electron chi connectivity index (χ3n) is 4.16. The fourth-order valence-electron chi connectivity index (χ4n) is 2.80. The second-order valence-electron chi connectivity index (χ2n) is 5.58. The maximum atomic E-state index is 5.48. The summed E-state index contributed by atoms with van der Waals surface area (Å²) < 4.78 is 7.53. The van der Waals surface area contributed by atoms with Crippen molar-refractivity contribution in [3.05, 3.63) is 40.6 Å². The standard InChI is InChI=1S/C17H23N3O/c1-4-21-10-8-16-15-7-9-18-17(15)20(19-16)14-6-5-12(2)13(3)11-14/h5-6,11,18H,4,7-10H2,1-3H3. The van der Waals surface area contributed by atoms with Crippen molar-refractivity contribution in [2.45, 2.75) is 33.6 Å². The average molecular weight is 285 g/mol. The zero-order chi connectivity index (χ0) is 14.8. The Hall–Kier alpha value is -1.81. The Morgan fingerprint density at radius 1 is 1.29 bits per heavy atom. The lowest BCUT2D eigenvalue weighted by Gasteiger charge is -2.08. The van der Waals surface area contributed by atoms with Gasteiger partial charge in [0.1, 0.15) is 5.82 Å². The van der Waals surface area contributed by atoms with Gasteiger partial charge in [0.15, 0.2) is 0 Å². The van der Waals surface area contributed by atoms with Gasteiger partial charge in [0.25, 0.3) is 0 Å². The number of aryl methyl sites for hydroxylation is 2. The van der Waals surface area contributed by atoms with Crippen LogP contribution in [-0.2, 0) is 17.6 Å². The first-order valence-corrected chi connectivity index (χ1v) is 7.70. The summed E-state index contributed by atoms with van der Waals surface area (Å²) in [6.07, 6.45) is 1.94. The van der Waals surface area contributed by atoms with Crippen LogP contribution >= 0.6 is 0 Å². The molecular formula is C17H23N3O. The number of benzene rings is 1. The van der Waals surface area contributed by atoms with E-state index < -0.39 is 0 Å². The Bertz CT molecular complexity index is 646. The molecule has 0 aliphatic carbocycles. The van der Waals surface area contributed by atoms with Gasteiger partial charge < -0.3 is 10.1 Å². The summed E-state index contributed by atoms with van der Waals surface area (Å²) in [5.41, 5.74) is 6.26. The molecular weight excluding hydrogens is 262 g/mol. The topological polar surface area (TPSA) is 39.1 Å². The molecule has 1 aliphatic heterocycles. The van der Waals surface area contributed by atoms with Crippen LogP contribution in [0.25, 0.3) is 5.69 Å². The number of nitrogens with zero attached hydrogens (tertiary/aromatic N) is 2. The molecule has 0 atom stereocenters. The number of hydrogen-bond donors (Lipinski definition) is 1. The van der Waals surface area contributed by atoms with Gasteiger partial charge in [0.05, 0.1) is 18.0 Å². The van der Waals surface area contributed by atoms with Crippen LogP contribution < -0.4 is 5.32 Å². The van der Waals surface area contributed by atoms with E-state index in [0.29, 0.717) is 0 Å². The Kier molecular flexibility index (Phi) is 3.97. The van der Waals surface area contributed by atoms with Crippen LogP contribution in [0.5, 0.6) is 0 Å². The molecule has 0 amide bonds. The average Bonchev–Trinajstić information content (AvgIpc) is 3.06. The smallest absolute Gasteiger partial charge is 0.133 e. The van der Waals surface area contributed by atoms with Crippen molar-refractivity contribution in [1.29, 1.82) is 0 Å². The largest absolute Gasteiger partial charge is 0.381 e. The Morgan fingerprint density at radius 3 is 2.90 bits per heavy atom. The number of hydrogen-bond acceptors (Lipinski definition) is 3. The molecule has 0 bridgehead atoms. The van der Waals surface area contributed by atoms with Crippen molar-refractivity contribution in [3.63, 3.8) is 0 Å². The maximum Gasteiger partial charge on any atom is 0.133 e. The maximum absolute atomic E-state index is 5.48. The highest BCUT2D eigenvalue weighted by molar-refractivity contribution is 5.57. The molecule has 1 N–H and O–H groups in total. The summed E-state index contributed by atoms with van der Waals surface area (Å²) in [6, 6.07) is 6.50. The second kappa shape index (κ2) is 5.90. The van der Waals surface area contributed by atoms with E-state index in [0.717, 1.165) is 44.1 Å². The number of aromatic nitrogens is 2. The molecule has 1 aliphatic rings. The van der Waals surface area contributed by atoms with Crippen LogP contribution in [0.15, 0.2) is 18.2 Å². The molecule has 0 spiro atoms. The van der Waals surface area contributed by atoms with E-state index in [1.54, 1.807) is 0 Å². The molecule has 4 heteroatoms. The third kappa shape index (κ3) is 2.68. The first-order valence-electron chi connectivity index (χ1n) is 7.70. The van der Waals surface area contributed by atoms with Crippen molar-refractivity contribution < 1.29 is 4.74 Å². The van der Waals surface area contributed by atoms with Crippen LogP contribution in [0, 0.1) is 13.8 Å². The highest BCUT2D eigenvalue weighted by Gasteiger charge is 2.22. The molecule has 112 valence electrons. The molecule has 0 fully saturated rings. The van der Waals surface area contributed by atoms with Crippen LogP contribution in [-0.4, -0.2) is 29.5 Å². The summed E-state index contributed by atoms with van der Waals surface area (Å²) >= 11 is 0. The van der Waals surface area contributed by atoms with Gasteiger partial charge in [-0.1, -0.05) is 6.07 Å². The quantitative estimate of drug-likeness (QED) is 0.858. The minimum absolute atomic E-state index is 0.743. The molecule has 0 radical (unpaired) electrons. The minimum atomic E-state index is 0.743. The van der Waals surface area contributed by atoms with Crippen molar-refractivity contribution in [3.8, 4) is 5.69 Å². The van der Waals surface area contributed by atoms with Gasteiger partial charge in [-0.15, -0.1) is 0 Å². The molecule has 1 aromatic carbocycles. The lowest BCUT2D eigenvalue weighted by Crippen LogP contribution is -2.06. The Balaban J connectivity index is 1.95. The molecule has 4 nitrogen and oxygen atoms in total. The van der Waals surface area contributed by atoms with Gasteiger partial charge in [-0.3, -0.25) is 0 Å². The third-order valence-corrected chi connectivity index (χ3v) is 4.16. The van der Waals surface area contributed by atoms with E-state index in [4.69, 9.17) is 9.84 Å². The molecule has 2 heterocycles. The van der Waals surface area contributed by atoms with Gasteiger partial charge in [0.2, 0.25) is 0 Å². The van der Waals surface area contributed by atoms with Gasteiger partial charge in [-0.25, -0.2) is 4.68 Å². The van der Waals surface area contributed by atoms with Crippen LogP contribution in [0.3, 0.4) is 0 Å². The van der Waals surface area contributed by atoms with Crippen molar-refractivity contribution in [2.75, 3.05) is 25.1 Å². The van der Waals surface area contributed by atoms with Gasteiger partial charge in [-0.2, -0.15) is 5.10 Å². The predicted octanol–water partition coefficient (Wildman–Crippen LogP) is 3.04. The van der Waals surface area contributed by atoms with E-state index in [1.807, 2.05) is 6.92 Å². The normalized spacial score (nSPS) is 13.3. The molecule has 21 heavy (non-hydrogen) atoms. The van der Waals surface area contributed by atoms with Gasteiger partial charge >= 0.3 is 0 Å². The lowest BCUT2D eigenvalue weighted by atomic mass is 10.1. The molecule has 0 unspecified atom stereocenters. The van der Waals surface area contributed by atoms with Crippen molar-refractivity contribution in [2.24, 2.45) is 0 Å². The van der Waals surface area contributed by atoms with E-state index >= 15 is 0 Å². The monoisotopic (exact) mass is 285 g/mol. The highest BCUT2D eigenvalue weighted by Crippen LogP contribution is 2.29. The Labute approximate surface area is 126 Å². The molecule has 0 saturated carbocycles. The number of ether oxygens (including phenoxy) is 1. The summed E-state index contributed by atoms with van der Waals surface area (Å²) in [5, 5.41) is 8.29. The van der Waals surface area contributed by atoms with Crippen molar-refractivity contribution in [1.82, 2.24) is 9.78 Å². The Morgan fingerprint density at radius 2 is 2.14 bits per heavy atom. The zero-order valence-corrected chi connectivity index (χ0v) is 13.1. The number of fused-ring (bicyclic) bond motifs is 1. The molecule has 1 aromatic heterocycles. The first kappa shape index (κ1) is 14.1. The van der Waals surface area contributed by atoms with Crippen LogP contribution in [0.4, 0.5) is 5.82 Å². The molecule has 2 aromatic rings. The highest BCUT2D eigenvalue weighted by atomic mass is 16.5. The van der Waals surface area contributed by atoms with Crippen LogP contribution in [0.2, 0.25) is 0 Å². The van der Waals surface area contributed by atoms with Gasteiger partial charge in [-0.05, 0) is 50.5 Å². The molecule has 0 saturated heterocycles. The summed E-state index contributed by atoms with van der Waals surface area (Å²) in [5.74, 6) is 1.16. The first-order chi connectivity index (χ1) is 10.2. The minimum Gasteiger partial charge on any atom is -0.381 e. The SMILES string of the molecule is CCOCCc1nn(-c2ccc(C)c(C)c2)c2c1CCN2. The molecule has 3 rings (SSSR count). The second-order valence-corrected chi connectivity index (χ2v) is 5.58. The zero-order valence-electron chi connectivity index (χ0n) is 13.1. The fourth-order valence-corrected chi connectivity index (χ4v) is 2.80. The van der Waals surface area contributed by atoms with E-state index in [1.165, 1.54) is 22.4 Å². The van der Waals surface area contributed by atoms with Crippen molar-refractivity contribution >= 4 is 5.82 Å². The lowest BCUT2D eigenvalue weighted by molar-refractivity contribution is 0.150. The van der Waals surface area contributed by atoms with E-state index in [-0.39, 0.29) is 0 Å². The summed E-state index contributed by atoms with van der Waals surface area (Å²) in [7, 11) is 0. The summed E-state index contributed by atoms with van der Waals surface area (Å²) in [6.45, 7) is 8.81. The van der Waals surface area contributed by atoms with Gasteiger partial charge in [0, 0.05) is 25.1 Å². The number of rotatable bonds is 5.